The van der Waals surface area contributed by atoms with Gasteiger partial charge >= 0.3 is 0 Å². The molecule has 0 aliphatic carbocycles. The number of methoxy groups -OCH3 is 1. The van der Waals surface area contributed by atoms with Gasteiger partial charge in [0.05, 0.1) is 11.6 Å². The fourth-order valence-corrected chi connectivity index (χ4v) is 2.66. The summed E-state index contributed by atoms with van der Waals surface area (Å²) in [6.07, 6.45) is 1.29. The first-order valence-electron chi connectivity index (χ1n) is 5.57. The second kappa shape index (κ2) is 9.32. The molecule has 0 amide bonds. The predicted octanol–water partition coefficient (Wildman–Crippen LogP) is 0.253. The van der Waals surface area contributed by atoms with Gasteiger partial charge < -0.3 is 15.8 Å². The van der Waals surface area contributed by atoms with Gasteiger partial charge in [-0.25, -0.2) is 18.1 Å². The molecular formula is C10H18Cl2N4O3S. The van der Waals surface area contributed by atoms with E-state index < -0.39 is 10.0 Å². The molecule has 0 aromatic carbocycles. The van der Waals surface area contributed by atoms with Crippen molar-refractivity contribution in [3.63, 3.8) is 0 Å². The molecule has 0 aliphatic rings. The largest absolute Gasteiger partial charge is 0.383 e. The van der Waals surface area contributed by atoms with E-state index in [0.717, 1.165) is 0 Å². The Hall–Kier alpha value is -0.640. The molecule has 1 rings (SSSR count). The molecule has 1 heterocycles. The van der Waals surface area contributed by atoms with Gasteiger partial charge in [0.25, 0.3) is 0 Å². The van der Waals surface area contributed by atoms with Crippen molar-refractivity contribution in [3.8, 4) is 0 Å². The number of nitrogen functional groups attached to an aromatic ring is 1. The molecule has 0 saturated carbocycles. The predicted molar refractivity (Wildman–Crippen MR) is 80.8 cm³/mol. The summed E-state index contributed by atoms with van der Waals surface area (Å²) in [7, 11) is -2.10. The molecule has 116 valence electrons. The van der Waals surface area contributed by atoms with Gasteiger partial charge in [0.1, 0.15) is 10.7 Å². The van der Waals surface area contributed by atoms with Crippen molar-refractivity contribution in [3.05, 3.63) is 17.3 Å². The molecule has 1 aromatic rings. The highest BCUT2D eigenvalue weighted by molar-refractivity contribution is 7.89. The summed E-state index contributed by atoms with van der Waals surface area (Å²) in [6.45, 7) is 1.94. The molecule has 0 fully saturated rings. The number of sulfonamides is 1. The van der Waals surface area contributed by atoms with Crippen molar-refractivity contribution in [2.24, 2.45) is 0 Å². The van der Waals surface area contributed by atoms with E-state index in [-0.39, 0.29) is 34.7 Å². The Bertz CT molecular complexity index is 513. The minimum Gasteiger partial charge on any atom is -0.383 e. The Balaban J connectivity index is 0.00000361. The maximum absolute atomic E-state index is 12.0. The summed E-state index contributed by atoms with van der Waals surface area (Å²) in [5, 5.41) is 3.23. The minimum absolute atomic E-state index is 0. The Kier molecular flexibility index (Phi) is 9.03. The average molecular weight is 345 g/mol. The number of hydrogen-bond acceptors (Lipinski definition) is 6. The Morgan fingerprint density at radius 1 is 1.40 bits per heavy atom. The quantitative estimate of drug-likeness (QED) is 0.584. The number of halogens is 2. The summed E-state index contributed by atoms with van der Waals surface area (Å²) in [5.74, 6) is -0.0794. The molecule has 0 saturated heterocycles. The lowest BCUT2D eigenvalue weighted by Crippen LogP contribution is -2.33. The number of anilines is 1. The minimum atomic E-state index is -3.70. The zero-order valence-electron chi connectivity index (χ0n) is 10.9. The van der Waals surface area contributed by atoms with Gasteiger partial charge in [-0.2, -0.15) is 0 Å². The third kappa shape index (κ3) is 6.21. The number of hydrogen-bond donors (Lipinski definition) is 3. The topological polar surface area (TPSA) is 106 Å². The van der Waals surface area contributed by atoms with E-state index in [9.17, 15) is 8.42 Å². The van der Waals surface area contributed by atoms with Crippen LogP contribution >= 0.6 is 24.0 Å². The number of ether oxygens (including phenoxy) is 1. The number of nitrogens with one attached hydrogen (secondary N) is 2. The highest BCUT2D eigenvalue weighted by atomic mass is 35.5. The Labute approximate surface area is 129 Å². The molecule has 7 nitrogen and oxygen atoms in total. The molecule has 0 radical (unpaired) electrons. The molecule has 0 atom stereocenters. The second-order valence-electron chi connectivity index (χ2n) is 3.68. The lowest BCUT2D eigenvalue weighted by atomic mass is 10.5. The zero-order chi connectivity index (χ0) is 14.3. The number of nitrogens with zero attached hydrogens (tertiary/aromatic N) is 1. The number of aromatic nitrogens is 1. The first-order chi connectivity index (χ1) is 8.97. The fraction of sp³-hybridized carbons (Fsp3) is 0.500. The van der Waals surface area contributed by atoms with Gasteiger partial charge in [0.15, 0.2) is 0 Å². The molecule has 0 aliphatic heterocycles. The Morgan fingerprint density at radius 3 is 2.75 bits per heavy atom. The summed E-state index contributed by atoms with van der Waals surface area (Å²) in [5.41, 5.74) is 5.52. The fourth-order valence-electron chi connectivity index (χ4n) is 1.30. The molecule has 0 bridgehead atoms. The van der Waals surface area contributed by atoms with Gasteiger partial charge in [-0.3, -0.25) is 0 Å². The van der Waals surface area contributed by atoms with E-state index in [1.807, 2.05) is 0 Å². The van der Waals surface area contributed by atoms with Gasteiger partial charge in [-0.1, -0.05) is 11.6 Å². The van der Waals surface area contributed by atoms with Crippen LogP contribution in [0.25, 0.3) is 0 Å². The second-order valence-corrected chi connectivity index (χ2v) is 5.85. The molecule has 4 N–H and O–H groups in total. The SMILES string of the molecule is COCCNCCNS(=O)(=O)c1cc(Cl)cnc1N.Cl. The van der Waals surface area contributed by atoms with Crippen molar-refractivity contribution < 1.29 is 13.2 Å². The molecule has 1 aromatic heterocycles. The zero-order valence-corrected chi connectivity index (χ0v) is 13.3. The maximum atomic E-state index is 12.0. The van der Waals surface area contributed by atoms with E-state index in [1.165, 1.54) is 12.3 Å². The van der Waals surface area contributed by atoms with Crippen LogP contribution in [0.1, 0.15) is 0 Å². The maximum Gasteiger partial charge on any atom is 0.244 e. The van der Waals surface area contributed by atoms with E-state index in [1.54, 1.807) is 7.11 Å². The summed E-state index contributed by atoms with van der Waals surface area (Å²) >= 11 is 5.70. The molecule has 0 spiro atoms. The summed E-state index contributed by atoms with van der Waals surface area (Å²) in [4.78, 5) is 3.59. The highest BCUT2D eigenvalue weighted by Crippen LogP contribution is 2.19. The van der Waals surface area contributed by atoms with E-state index in [0.29, 0.717) is 19.7 Å². The normalized spacial score (nSPS) is 11.1. The van der Waals surface area contributed by atoms with Crippen molar-refractivity contribution in [1.82, 2.24) is 15.0 Å². The third-order valence-corrected chi connectivity index (χ3v) is 3.91. The van der Waals surface area contributed by atoms with Crippen molar-refractivity contribution in [2.45, 2.75) is 4.90 Å². The average Bonchev–Trinajstić information content (AvgIpc) is 2.36. The Morgan fingerprint density at radius 2 is 2.10 bits per heavy atom. The van der Waals surface area contributed by atoms with Gasteiger partial charge in [0, 0.05) is 32.9 Å². The molecule has 0 unspecified atom stereocenters. The smallest absolute Gasteiger partial charge is 0.244 e. The lowest BCUT2D eigenvalue weighted by Gasteiger charge is -2.09. The van der Waals surface area contributed by atoms with Crippen LogP contribution in [0.15, 0.2) is 17.2 Å². The van der Waals surface area contributed by atoms with Crippen molar-refractivity contribution >= 4 is 39.8 Å². The lowest BCUT2D eigenvalue weighted by molar-refractivity contribution is 0.199. The first kappa shape index (κ1) is 19.4. The van der Waals surface area contributed by atoms with Crippen LogP contribution in [0.2, 0.25) is 5.02 Å². The standard InChI is InChI=1S/C10H17ClN4O3S.ClH/c1-18-5-4-13-2-3-15-19(16,17)9-6-8(11)7-14-10(9)12;/h6-7,13,15H,2-5H2,1H3,(H2,12,14);1H. The van der Waals surface area contributed by atoms with Gasteiger partial charge in [0.2, 0.25) is 10.0 Å². The number of rotatable bonds is 8. The molecule has 20 heavy (non-hydrogen) atoms. The van der Waals surface area contributed by atoms with Gasteiger partial charge in [-0.05, 0) is 6.07 Å². The van der Waals surface area contributed by atoms with Gasteiger partial charge in [-0.15, -0.1) is 12.4 Å². The highest BCUT2D eigenvalue weighted by Gasteiger charge is 2.18. The van der Waals surface area contributed by atoms with E-state index >= 15 is 0 Å². The molecule has 10 heteroatoms. The van der Waals surface area contributed by atoms with Crippen LogP contribution in [0.4, 0.5) is 5.82 Å². The number of nitrogens with two attached hydrogens (primary N) is 1. The number of pyridine rings is 1. The van der Waals surface area contributed by atoms with Crippen LogP contribution in [0.5, 0.6) is 0 Å². The van der Waals surface area contributed by atoms with Crippen LogP contribution in [-0.2, 0) is 14.8 Å². The van der Waals surface area contributed by atoms with Crippen LogP contribution in [-0.4, -0.2) is 46.8 Å². The monoisotopic (exact) mass is 344 g/mol. The molecular weight excluding hydrogens is 327 g/mol. The summed E-state index contributed by atoms with van der Waals surface area (Å²) in [6, 6.07) is 1.27. The van der Waals surface area contributed by atoms with Crippen LogP contribution in [0, 0.1) is 0 Å². The van der Waals surface area contributed by atoms with Crippen LogP contribution in [0.3, 0.4) is 0 Å². The van der Waals surface area contributed by atoms with E-state index in [2.05, 4.69) is 15.0 Å². The van der Waals surface area contributed by atoms with Crippen molar-refractivity contribution in [1.29, 1.82) is 0 Å². The van der Waals surface area contributed by atoms with E-state index in [4.69, 9.17) is 22.1 Å². The first-order valence-corrected chi connectivity index (χ1v) is 7.44. The van der Waals surface area contributed by atoms with Crippen molar-refractivity contribution in [2.75, 3.05) is 39.1 Å². The summed E-state index contributed by atoms with van der Waals surface area (Å²) < 4.78 is 31.2. The third-order valence-electron chi connectivity index (χ3n) is 2.21. The van der Waals surface area contributed by atoms with Crippen LogP contribution < -0.4 is 15.8 Å².